The molecular weight excluding hydrogens is 823 g/mol. The third-order valence-corrected chi connectivity index (χ3v) is 11.1. The lowest BCUT2D eigenvalue weighted by atomic mass is 9.87. The predicted molar refractivity (Wildman–Crippen MR) is 187 cm³/mol. The molecule has 2 aromatic heterocycles. The molecule has 0 radical (unpaired) electrons. The van der Waals surface area contributed by atoms with Gasteiger partial charge in [0, 0.05) is 30.7 Å². The normalized spacial score (nSPS) is 21.9. The van der Waals surface area contributed by atoms with Gasteiger partial charge in [0.2, 0.25) is 16.9 Å². The Bertz CT molecular complexity index is 1890. The predicted octanol–water partition coefficient (Wildman–Crippen LogP) is -1.19. The van der Waals surface area contributed by atoms with Gasteiger partial charge in [-0.15, -0.1) is 0 Å². The number of aromatic nitrogens is 4. The number of hydrogen-bond acceptors (Lipinski definition) is 19. The van der Waals surface area contributed by atoms with Gasteiger partial charge < -0.3 is 50.9 Å². The number of allylic oxidation sites excluding steroid dienone is 1. The zero-order chi connectivity index (χ0) is 41.4. The molecule has 0 spiro atoms. The van der Waals surface area contributed by atoms with Crippen LogP contribution in [0.4, 0.5) is 5.82 Å². The number of nitrogens with zero attached hydrogens (tertiary/aromatic N) is 4. The molecule has 7 atom stereocenters. The summed E-state index contributed by atoms with van der Waals surface area (Å²) in [6.07, 6.45) is -4.81. The number of fused-ring (bicyclic) bond motifs is 1. The third-order valence-electron chi connectivity index (χ3n) is 7.20. The van der Waals surface area contributed by atoms with E-state index in [1.165, 1.54) is 20.8 Å². The number of nitrogen functional groups attached to an aromatic ring is 1. The van der Waals surface area contributed by atoms with Crippen LogP contribution in [0.1, 0.15) is 33.4 Å². The number of phosphoric ester groups is 3. The van der Waals surface area contributed by atoms with Gasteiger partial charge in [-0.25, -0.2) is 28.6 Å². The molecule has 0 bridgehead atoms. The molecular formula is C26H40N7O18P3S. The summed E-state index contributed by atoms with van der Waals surface area (Å²) in [5.74, 6) is -1.62. The Kier molecular flexibility index (Phi) is 16.4. The van der Waals surface area contributed by atoms with Crippen LogP contribution < -0.4 is 16.4 Å². The maximum absolute atomic E-state index is 12.6. The zero-order valence-corrected chi connectivity index (χ0v) is 32.6. The molecule has 0 saturated carbocycles. The first-order valence-electron chi connectivity index (χ1n) is 15.7. The first kappa shape index (κ1) is 46.4. The fraction of sp³-hybridized carbons (Fsp3) is 0.577. The lowest BCUT2D eigenvalue weighted by Gasteiger charge is -2.30. The SMILES string of the molecule is CC(=O)C=CC(=O)SCCNC(=O)CCNC(=O)[C@H](O)C(C)(C)COP(=O)(O)OP(=O)(O)OC[C@H]1O[C@@H](n2cnc3c(N)ncnc32)[C@H](O)[C@@H]1OP(=O)(O)O. The molecule has 1 aliphatic heterocycles. The Balaban J connectivity index is 1.50. The van der Waals surface area contributed by atoms with Crippen LogP contribution in [-0.2, 0) is 55.5 Å². The number of thioether (sulfide) groups is 1. The van der Waals surface area contributed by atoms with Crippen LogP contribution >= 0.6 is 35.2 Å². The van der Waals surface area contributed by atoms with E-state index in [0.717, 1.165) is 41.1 Å². The molecule has 3 rings (SSSR count). The molecule has 25 nitrogen and oxygen atoms in total. The number of imidazole rings is 1. The second-order valence-corrected chi connectivity index (χ2v) is 17.5. The number of carbonyl (C=O) groups excluding carboxylic acids is 4. The third kappa shape index (κ3) is 14.5. The van der Waals surface area contributed by atoms with Gasteiger partial charge in [0.1, 0.15) is 36.3 Å². The Morgan fingerprint density at radius 3 is 2.38 bits per heavy atom. The molecule has 308 valence electrons. The van der Waals surface area contributed by atoms with Crippen molar-refractivity contribution in [3.8, 4) is 0 Å². The Hall–Kier alpha value is -3.03. The molecule has 2 amide bonds. The van der Waals surface area contributed by atoms with Gasteiger partial charge in [0.05, 0.1) is 19.5 Å². The highest BCUT2D eigenvalue weighted by Crippen LogP contribution is 2.61. The fourth-order valence-electron chi connectivity index (χ4n) is 4.52. The van der Waals surface area contributed by atoms with Crippen molar-refractivity contribution < 1.29 is 85.3 Å². The zero-order valence-electron chi connectivity index (χ0n) is 29.1. The number of anilines is 1. The highest BCUT2D eigenvalue weighted by atomic mass is 32.2. The van der Waals surface area contributed by atoms with E-state index in [1.807, 2.05) is 0 Å². The molecule has 2 aromatic rings. The molecule has 10 N–H and O–H groups in total. The van der Waals surface area contributed by atoms with Crippen LogP contribution in [0.5, 0.6) is 0 Å². The first-order valence-corrected chi connectivity index (χ1v) is 21.2. The number of carbonyl (C=O) groups is 4. The Labute approximate surface area is 315 Å². The van der Waals surface area contributed by atoms with E-state index in [9.17, 15) is 62.7 Å². The van der Waals surface area contributed by atoms with Crippen LogP contribution in [0, 0.1) is 5.41 Å². The quantitative estimate of drug-likeness (QED) is 0.0405. The van der Waals surface area contributed by atoms with Gasteiger partial charge in [0.25, 0.3) is 0 Å². The number of aliphatic hydroxyl groups is 2. The molecule has 55 heavy (non-hydrogen) atoms. The summed E-state index contributed by atoms with van der Waals surface area (Å²) < 4.78 is 61.9. The molecule has 3 heterocycles. The van der Waals surface area contributed by atoms with Crippen molar-refractivity contribution in [2.45, 2.75) is 57.8 Å². The van der Waals surface area contributed by atoms with Gasteiger partial charge in [-0.05, 0) is 19.1 Å². The summed E-state index contributed by atoms with van der Waals surface area (Å²) in [7, 11) is -16.4. The number of hydrogen-bond donors (Lipinski definition) is 9. The van der Waals surface area contributed by atoms with E-state index < -0.39 is 84.6 Å². The summed E-state index contributed by atoms with van der Waals surface area (Å²) in [6, 6.07) is 0. The summed E-state index contributed by atoms with van der Waals surface area (Å²) in [6.45, 7) is 1.58. The second kappa shape index (κ2) is 19.4. The van der Waals surface area contributed by atoms with Gasteiger partial charge in [-0.1, -0.05) is 25.6 Å². The Morgan fingerprint density at radius 2 is 1.73 bits per heavy atom. The molecule has 1 aliphatic rings. The van der Waals surface area contributed by atoms with Crippen molar-refractivity contribution in [2.75, 3.05) is 37.8 Å². The summed E-state index contributed by atoms with van der Waals surface area (Å²) >= 11 is 0.873. The van der Waals surface area contributed by atoms with Crippen LogP contribution in [0.3, 0.4) is 0 Å². The van der Waals surface area contributed by atoms with E-state index >= 15 is 0 Å². The Morgan fingerprint density at radius 1 is 1.05 bits per heavy atom. The van der Waals surface area contributed by atoms with Crippen LogP contribution in [0.15, 0.2) is 24.8 Å². The van der Waals surface area contributed by atoms with Crippen LogP contribution in [0.25, 0.3) is 11.2 Å². The number of rotatable bonds is 21. The lowest BCUT2D eigenvalue weighted by molar-refractivity contribution is -0.137. The number of ether oxygens (including phenoxy) is 1. The monoisotopic (exact) mass is 863 g/mol. The highest BCUT2D eigenvalue weighted by Gasteiger charge is 2.50. The minimum Gasteiger partial charge on any atom is -0.386 e. The molecule has 1 saturated heterocycles. The number of aliphatic hydroxyl groups excluding tert-OH is 2. The molecule has 0 aliphatic carbocycles. The van der Waals surface area contributed by atoms with Gasteiger partial charge in [0.15, 0.2) is 23.5 Å². The van der Waals surface area contributed by atoms with E-state index in [0.29, 0.717) is 0 Å². The average Bonchev–Trinajstić information content (AvgIpc) is 3.63. The largest absolute Gasteiger partial charge is 0.481 e. The average molecular weight is 864 g/mol. The lowest BCUT2D eigenvalue weighted by Crippen LogP contribution is -2.46. The maximum atomic E-state index is 12.6. The summed E-state index contributed by atoms with van der Waals surface area (Å²) in [4.78, 5) is 97.8. The van der Waals surface area contributed by atoms with E-state index in [-0.39, 0.29) is 53.1 Å². The van der Waals surface area contributed by atoms with Crippen molar-refractivity contribution in [3.05, 3.63) is 24.8 Å². The van der Waals surface area contributed by atoms with Crippen LogP contribution in [0.2, 0.25) is 0 Å². The topological polar surface area (TPSA) is 381 Å². The standard InChI is InChI=1S/C26H40N7O18P3S/c1-14(34)4-5-17(36)55-9-8-28-16(35)6-7-29-24(39)21(38)26(2,3)11-48-54(45,46)51-53(43,44)47-10-15-20(50-52(40,41)42)19(37)25(49-15)33-13-32-18-22(27)30-12-31-23(18)33/h4-5,12-13,15,19-21,25,37-38H,6-11H2,1-3H3,(H,28,35)(H,29,39)(H,43,44)(H,45,46)(H2,27,30,31)(H2,40,41,42)/t15-,19-,20-,21+,25-/m1/s1. The van der Waals surface area contributed by atoms with E-state index in [1.54, 1.807) is 0 Å². The minimum absolute atomic E-state index is 0.0233. The number of ketones is 1. The van der Waals surface area contributed by atoms with E-state index in [2.05, 4.69) is 34.4 Å². The molecule has 2 unspecified atom stereocenters. The van der Waals surface area contributed by atoms with Crippen LogP contribution in [-0.4, -0.2) is 128 Å². The van der Waals surface area contributed by atoms with Crippen molar-refractivity contribution in [3.63, 3.8) is 0 Å². The molecule has 1 fully saturated rings. The summed E-state index contributed by atoms with van der Waals surface area (Å²) in [5.41, 5.74) is 4.22. The molecule has 29 heteroatoms. The van der Waals surface area contributed by atoms with Gasteiger partial charge in [-0.3, -0.25) is 37.3 Å². The van der Waals surface area contributed by atoms with Gasteiger partial charge >= 0.3 is 23.5 Å². The van der Waals surface area contributed by atoms with Crippen molar-refractivity contribution in [1.29, 1.82) is 0 Å². The number of nitrogens with one attached hydrogen (secondary N) is 2. The minimum atomic E-state index is -5.58. The second-order valence-electron chi connectivity index (χ2n) is 12.2. The highest BCUT2D eigenvalue weighted by molar-refractivity contribution is 8.14. The van der Waals surface area contributed by atoms with Crippen molar-refractivity contribution in [2.24, 2.45) is 5.41 Å². The number of amides is 2. The smallest absolute Gasteiger partial charge is 0.386 e. The van der Waals surface area contributed by atoms with Crippen molar-refractivity contribution in [1.82, 2.24) is 30.2 Å². The molecule has 0 aromatic carbocycles. The number of phosphoric acid groups is 3. The van der Waals surface area contributed by atoms with E-state index in [4.69, 9.17) is 19.5 Å². The number of nitrogens with two attached hydrogens (primary N) is 1. The maximum Gasteiger partial charge on any atom is 0.481 e. The fourth-order valence-corrected chi connectivity index (χ4v) is 7.91. The first-order chi connectivity index (χ1) is 25.4. The van der Waals surface area contributed by atoms with Crippen molar-refractivity contribution >= 4 is 74.9 Å². The summed E-state index contributed by atoms with van der Waals surface area (Å²) in [5, 5.41) is 25.8. The van der Waals surface area contributed by atoms with Gasteiger partial charge in [-0.2, -0.15) is 4.31 Å².